The molecule has 1 aromatic heterocycles. The van der Waals surface area contributed by atoms with Gasteiger partial charge in [-0.05, 0) is 25.2 Å². The molecule has 1 aromatic rings. The quantitative estimate of drug-likeness (QED) is 0.553. The summed E-state index contributed by atoms with van der Waals surface area (Å²) in [6, 6.07) is 0. The van der Waals surface area contributed by atoms with Crippen molar-refractivity contribution in [1.29, 1.82) is 0 Å². The zero-order valence-electron chi connectivity index (χ0n) is 18.8. The number of aromatic amines is 1. The van der Waals surface area contributed by atoms with E-state index >= 15 is 0 Å². The van der Waals surface area contributed by atoms with Gasteiger partial charge in [-0.1, -0.05) is 26.7 Å². The molecule has 2 rings (SSSR count). The van der Waals surface area contributed by atoms with Gasteiger partial charge in [-0.2, -0.15) is 0 Å². The summed E-state index contributed by atoms with van der Waals surface area (Å²) in [5.41, 5.74) is 4.84. The topological polar surface area (TPSA) is 131 Å². The maximum absolute atomic E-state index is 13.3. The van der Waals surface area contributed by atoms with Crippen molar-refractivity contribution < 1.29 is 14.3 Å². The number of H-pyrrole nitrogens is 1. The first-order valence-electron chi connectivity index (χ1n) is 11.0. The van der Waals surface area contributed by atoms with Gasteiger partial charge < -0.3 is 20.3 Å². The number of nitrogens with zero attached hydrogens (tertiary/aromatic N) is 3. The normalized spacial score (nSPS) is 15.1. The molecule has 0 radical (unpaired) electrons. The number of carbonyl (C=O) groups is 2. The predicted octanol–water partition coefficient (Wildman–Crippen LogP) is 0.937. The molecular weight excluding hydrogens is 402 g/mol. The summed E-state index contributed by atoms with van der Waals surface area (Å²) in [6.07, 6.45) is 4.57. The molecular formula is C21H35N5O5. The number of nitrogen functional groups attached to an aromatic ring is 1. The highest BCUT2D eigenvalue weighted by Gasteiger charge is 2.27. The van der Waals surface area contributed by atoms with Gasteiger partial charge in [-0.25, -0.2) is 4.79 Å². The minimum absolute atomic E-state index is 0.0489. The van der Waals surface area contributed by atoms with E-state index in [0.717, 1.165) is 25.7 Å². The van der Waals surface area contributed by atoms with E-state index in [1.807, 2.05) is 13.8 Å². The zero-order chi connectivity index (χ0) is 23.0. The first kappa shape index (κ1) is 24.6. The first-order chi connectivity index (χ1) is 14.8. The third-order valence-corrected chi connectivity index (χ3v) is 5.31. The Labute approximate surface area is 182 Å². The van der Waals surface area contributed by atoms with Crippen LogP contribution < -0.4 is 21.9 Å². The molecule has 0 unspecified atom stereocenters. The Bertz CT molecular complexity index is 876. The smallest absolute Gasteiger partial charge is 0.330 e. The molecule has 0 saturated carbocycles. The molecule has 2 heterocycles. The fourth-order valence-electron chi connectivity index (χ4n) is 3.74. The van der Waals surface area contributed by atoms with E-state index in [9.17, 15) is 19.2 Å². The van der Waals surface area contributed by atoms with Crippen LogP contribution in [-0.4, -0.2) is 59.6 Å². The van der Waals surface area contributed by atoms with E-state index in [2.05, 4.69) is 4.98 Å². The number of hydrogen-bond donors (Lipinski definition) is 2. The maximum atomic E-state index is 13.3. The minimum atomic E-state index is -0.715. The number of likely N-dealkylation sites (tertiary alicyclic amines) is 1. The van der Waals surface area contributed by atoms with Crippen molar-refractivity contribution in [1.82, 2.24) is 14.5 Å². The molecule has 3 N–H and O–H groups in total. The Hall–Kier alpha value is -2.62. The number of ether oxygens (including phenoxy) is 1. The van der Waals surface area contributed by atoms with Crippen LogP contribution in [0, 0.1) is 5.92 Å². The number of aromatic nitrogens is 2. The van der Waals surface area contributed by atoms with Crippen molar-refractivity contribution in [2.24, 2.45) is 5.92 Å². The molecule has 0 spiro atoms. The molecule has 0 aliphatic carbocycles. The van der Waals surface area contributed by atoms with E-state index < -0.39 is 17.2 Å². The van der Waals surface area contributed by atoms with Gasteiger partial charge in [-0.15, -0.1) is 0 Å². The van der Waals surface area contributed by atoms with Crippen molar-refractivity contribution in [2.45, 2.75) is 58.9 Å². The molecule has 0 bridgehead atoms. The van der Waals surface area contributed by atoms with E-state index in [1.165, 1.54) is 9.47 Å². The van der Waals surface area contributed by atoms with Crippen molar-refractivity contribution in [2.75, 3.05) is 44.0 Å². The average Bonchev–Trinajstić information content (AvgIpc) is 2.69. The molecule has 10 heteroatoms. The van der Waals surface area contributed by atoms with E-state index in [1.54, 1.807) is 12.0 Å². The number of nitrogens with two attached hydrogens (primary N) is 1. The van der Waals surface area contributed by atoms with Gasteiger partial charge in [0.25, 0.3) is 5.56 Å². The summed E-state index contributed by atoms with van der Waals surface area (Å²) in [4.78, 5) is 55.8. The highest BCUT2D eigenvalue weighted by atomic mass is 16.5. The van der Waals surface area contributed by atoms with Crippen molar-refractivity contribution in [3.8, 4) is 0 Å². The Kier molecular flexibility index (Phi) is 9.29. The zero-order valence-corrected chi connectivity index (χ0v) is 18.8. The van der Waals surface area contributed by atoms with Crippen LogP contribution in [0.4, 0.5) is 11.5 Å². The summed E-state index contributed by atoms with van der Waals surface area (Å²) in [6.45, 7) is 5.09. The van der Waals surface area contributed by atoms with Crippen molar-refractivity contribution >= 4 is 23.3 Å². The van der Waals surface area contributed by atoms with Crippen LogP contribution in [0.1, 0.15) is 52.4 Å². The Balaban J connectivity index is 2.39. The summed E-state index contributed by atoms with van der Waals surface area (Å²) in [5.74, 6) is -0.407. The van der Waals surface area contributed by atoms with Crippen LogP contribution >= 0.6 is 0 Å². The lowest BCUT2D eigenvalue weighted by atomic mass is 10.1. The lowest BCUT2D eigenvalue weighted by molar-refractivity contribution is -0.135. The number of nitrogens with one attached hydrogen (secondary N) is 1. The van der Waals surface area contributed by atoms with Crippen molar-refractivity contribution in [3.63, 3.8) is 0 Å². The number of amides is 2. The van der Waals surface area contributed by atoms with Crippen LogP contribution in [-0.2, 0) is 20.9 Å². The molecule has 174 valence electrons. The molecule has 1 fully saturated rings. The van der Waals surface area contributed by atoms with Crippen LogP contribution in [0.3, 0.4) is 0 Å². The van der Waals surface area contributed by atoms with Gasteiger partial charge in [0.05, 0.1) is 0 Å². The fourth-order valence-corrected chi connectivity index (χ4v) is 3.74. The maximum Gasteiger partial charge on any atom is 0.330 e. The lowest BCUT2D eigenvalue weighted by Crippen LogP contribution is -2.47. The van der Waals surface area contributed by atoms with Crippen LogP contribution in [0.15, 0.2) is 9.59 Å². The highest BCUT2D eigenvalue weighted by Crippen LogP contribution is 2.19. The van der Waals surface area contributed by atoms with Crippen LogP contribution in [0.2, 0.25) is 0 Å². The van der Waals surface area contributed by atoms with Crippen LogP contribution in [0.5, 0.6) is 0 Å². The van der Waals surface area contributed by atoms with Crippen LogP contribution in [0.25, 0.3) is 0 Å². The Morgan fingerprint density at radius 1 is 1.19 bits per heavy atom. The van der Waals surface area contributed by atoms with E-state index in [4.69, 9.17) is 10.5 Å². The second kappa shape index (κ2) is 11.7. The number of rotatable bonds is 9. The van der Waals surface area contributed by atoms with Gasteiger partial charge in [0.2, 0.25) is 11.8 Å². The molecule has 2 amide bonds. The SMILES string of the molecule is COCCCN(C(=O)CN1CCCCCCC1=O)c1c(N)n(CC(C)C)c(=O)[nH]c1=O. The third kappa shape index (κ3) is 6.68. The highest BCUT2D eigenvalue weighted by molar-refractivity contribution is 5.98. The largest absolute Gasteiger partial charge is 0.385 e. The Morgan fingerprint density at radius 3 is 2.58 bits per heavy atom. The molecule has 0 atom stereocenters. The molecule has 31 heavy (non-hydrogen) atoms. The average molecular weight is 438 g/mol. The van der Waals surface area contributed by atoms with E-state index in [0.29, 0.717) is 32.5 Å². The number of hydrogen-bond acceptors (Lipinski definition) is 6. The second-order valence-electron chi connectivity index (χ2n) is 8.37. The number of carbonyl (C=O) groups excluding carboxylic acids is 2. The van der Waals surface area contributed by atoms with Gasteiger partial charge in [0.15, 0.2) is 5.69 Å². The summed E-state index contributed by atoms with van der Waals surface area (Å²) in [5, 5.41) is 0. The van der Waals surface area contributed by atoms with Gasteiger partial charge in [0.1, 0.15) is 12.4 Å². The monoisotopic (exact) mass is 437 g/mol. The molecule has 1 aliphatic heterocycles. The molecule has 1 saturated heterocycles. The van der Waals surface area contributed by atoms with Gasteiger partial charge in [-0.3, -0.25) is 23.9 Å². The predicted molar refractivity (Wildman–Crippen MR) is 119 cm³/mol. The summed E-state index contributed by atoms with van der Waals surface area (Å²) >= 11 is 0. The number of anilines is 2. The molecule has 0 aromatic carbocycles. The van der Waals surface area contributed by atoms with Gasteiger partial charge >= 0.3 is 5.69 Å². The Morgan fingerprint density at radius 2 is 1.90 bits per heavy atom. The number of methoxy groups -OCH3 is 1. The summed E-state index contributed by atoms with van der Waals surface area (Å²) in [7, 11) is 1.55. The summed E-state index contributed by atoms with van der Waals surface area (Å²) < 4.78 is 6.36. The fraction of sp³-hybridized carbons (Fsp3) is 0.714. The van der Waals surface area contributed by atoms with Crippen molar-refractivity contribution in [3.05, 3.63) is 20.8 Å². The lowest BCUT2D eigenvalue weighted by Gasteiger charge is -2.29. The third-order valence-electron chi connectivity index (χ3n) is 5.31. The molecule has 1 aliphatic rings. The standard InChI is InChI=1S/C21H35N5O5/c1-15(2)13-26-19(22)18(20(29)23-21(26)30)25(11-8-12-31-3)17(28)14-24-10-7-5-4-6-9-16(24)27/h15H,4-14,22H2,1-3H3,(H,23,29,30). The first-order valence-corrected chi connectivity index (χ1v) is 11.0. The molecule has 10 nitrogen and oxygen atoms in total. The second-order valence-corrected chi connectivity index (χ2v) is 8.37. The van der Waals surface area contributed by atoms with Gasteiger partial charge in [0, 0.05) is 39.8 Å². The van der Waals surface area contributed by atoms with E-state index in [-0.39, 0.29) is 36.4 Å². The minimum Gasteiger partial charge on any atom is -0.385 e.